The molecule has 0 amide bonds. The molecular formula is C23H30N2O2. The van der Waals surface area contributed by atoms with Crippen molar-refractivity contribution in [3.8, 4) is 5.75 Å². The number of benzene rings is 1. The largest absolute Gasteiger partial charge is 0.506 e. The van der Waals surface area contributed by atoms with Gasteiger partial charge in [0.25, 0.3) is 0 Å². The molecule has 1 aliphatic carbocycles. The van der Waals surface area contributed by atoms with Crippen LogP contribution in [-0.2, 0) is 11.2 Å². The smallest absolute Gasteiger partial charge is 0.133 e. The highest BCUT2D eigenvalue weighted by atomic mass is 16.5. The number of aromatic hydroxyl groups is 1. The minimum absolute atomic E-state index is 0.00685. The summed E-state index contributed by atoms with van der Waals surface area (Å²) in [6.07, 6.45) is 4.88. The maximum atomic E-state index is 9.43. The average Bonchev–Trinajstić information content (AvgIpc) is 3.18. The van der Waals surface area contributed by atoms with Crippen LogP contribution in [0, 0.1) is 11.8 Å². The number of ether oxygens (including phenoxy) is 1. The van der Waals surface area contributed by atoms with Crippen LogP contribution in [0.4, 0.5) is 0 Å². The van der Waals surface area contributed by atoms with Crippen molar-refractivity contribution in [3.05, 3.63) is 59.9 Å². The molecule has 144 valence electrons. The fraction of sp³-hybridized carbons (Fsp3) is 0.522. The van der Waals surface area contributed by atoms with Gasteiger partial charge in [0, 0.05) is 44.8 Å². The van der Waals surface area contributed by atoms with Gasteiger partial charge in [0.1, 0.15) is 5.75 Å². The Morgan fingerprint density at radius 1 is 1.15 bits per heavy atom. The van der Waals surface area contributed by atoms with Gasteiger partial charge >= 0.3 is 0 Å². The molecule has 27 heavy (non-hydrogen) atoms. The highest BCUT2D eigenvalue weighted by Crippen LogP contribution is 2.47. The lowest BCUT2D eigenvalue weighted by atomic mass is 9.91. The predicted octanol–water partition coefficient (Wildman–Crippen LogP) is 3.86. The summed E-state index contributed by atoms with van der Waals surface area (Å²) in [6, 6.07) is 14.4. The van der Waals surface area contributed by atoms with Crippen LogP contribution >= 0.6 is 0 Å². The van der Waals surface area contributed by atoms with Crippen LogP contribution in [0.2, 0.25) is 0 Å². The van der Waals surface area contributed by atoms with Crippen molar-refractivity contribution in [1.29, 1.82) is 0 Å². The molecule has 1 unspecified atom stereocenters. The number of hydrogen-bond acceptors (Lipinski definition) is 4. The Labute approximate surface area is 162 Å². The molecule has 0 bridgehead atoms. The third-order valence-electron chi connectivity index (χ3n) is 6.53. The maximum absolute atomic E-state index is 9.43. The molecule has 2 heterocycles. The molecule has 4 rings (SSSR count). The zero-order valence-electron chi connectivity index (χ0n) is 16.3. The highest BCUT2D eigenvalue weighted by molar-refractivity contribution is 5.21. The third-order valence-corrected chi connectivity index (χ3v) is 6.53. The Morgan fingerprint density at radius 3 is 2.44 bits per heavy atom. The predicted molar refractivity (Wildman–Crippen MR) is 107 cm³/mol. The molecule has 1 saturated heterocycles. The molecular weight excluding hydrogens is 336 g/mol. The molecule has 2 aliphatic rings. The van der Waals surface area contributed by atoms with Crippen molar-refractivity contribution >= 4 is 0 Å². The first kappa shape index (κ1) is 18.5. The van der Waals surface area contributed by atoms with E-state index >= 15 is 0 Å². The quantitative estimate of drug-likeness (QED) is 0.843. The molecule has 1 aromatic heterocycles. The van der Waals surface area contributed by atoms with E-state index < -0.39 is 0 Å². The second kappa shape index (κ2) is 7.61. The lowest BCUT2D eigenvalue weighted by Crippen LogP contribution is -2.35. The van der Waals surface area contributed by atoms with E-state index in [-0.39, 0.29) is 11.4 Å². The number of likely N-dealkylation sites (tertiary alicyclic amines) is 1. The SMILES string of the molecule is CO[C@@]1(Cc2ccccc2)C[C@H]2CN(CC(C)c3ccc(O)cn3)C[C@H]2C1. The monoisotopic (exact) mass is 366 g/mol. The minimum atomic E-state index is 0.00685. The Morgan fingerprint density at radius 2 is 1.85 bits per heavy atom. The summed E-state index contributed by atoms with van der Waals surface area (Å²) in [5.41, 5.74) is 2.44. The number of hydrogen-bond donors (Lipinski definition) is 1. The second-order valence-electron chi connectivity index (χ2n) is 8.54. The summed E-state index contributed by atoms with van der Waals surface area (Å²) in [5, 5.41) is 9.43. The Balaban J connectivity index is 1.35. The van der Waals surface area contributed by atoms with Gasteiger partial charge in [0.15, 0.2) is 0 Å². The van der Waals surface area contributed by atoms with Gasteiger partial charge in [-0.25, -0.2) is 0 Å². The van der Waals surface area contributed by atoms with Crippen LogP contribution in [0.25, 0.3) is 0 Å². The zero-order chi connectivity index (χ0) is 18.9. The lowest BCUT2D eigenvalue weighted by Gasteiger charge is -2.31. The lowest BCUT2D eigenvalue weighted by molar-refractivity contribution is -0.0131. The molecule has 4 heteroatoms. The van der Waals surface area contributed by atoms with E-state index in [2.05, 4.69) is 47.1 Å². The molecule has 1 N–H and O–H groups in total. The summed E-state index contributed by atoms with van der Waals surface area (Å²) in [4.78, 5) is 6.97. The van der Waals surface area contributed by atoms with Gasteiger partial charge in [0.2, 0.25) is 0 Å². The number of nitrogens with zero attached hydrogens (tertiary/aromatic N) is 2. The van der Waals surface area contributed by atoms with Gasteiger partial charge in [-0.05, 0) is 42.4 Å². The second-order valence-corrected chi connectivity index (χ2v) is 8.54. The van der Waals surface area contributed by atoms with E-state index in [1.165, 1.54) is 5.56 Å². The van der Waals surface area contributed by atoms with E-state index in [1.807, 2.05) is 13.2 Å². The zero-order valence-corrected chi connectivity index (χ0v) is 16.3. The highest BCUT2D eigenvalue weighted by Gasteiger charge is 2.49. The molecule has 2 fully saturated rings. The first-order valence-electron chi connectivity index (χ1n) is 10.0. The van der Waals surface area contributed by atoms with Gasteiger partial charge in [-0.15, -0.1) is 0 Å². The fourth-order valence-corrected chi connectivity index (χ4v) is 5.21. The van der Waals surface area contributed by atoms with Crippen LogP contribution in [0.3, 0.4) is 0 Å². The molecule has 1 aromatic carbocycles. The average molecular weight is 367 g/mol. The molecule has 2 aromatic rings. The van der Waals surface area contributed by atoms with Gasteiger partial charge in [-0.1, -0.05) is 37.3 Å². The Hall–Kier alpha value is -1.91. The molecule has 0 radical (unpaired) electrons. The molecule has 0 spiro atoms. The number of fused-ring (bicyclic) bond motifs is 1. The van der Waals surface area contributed by atoms with Crippen LogP contribution < -0.4 is 0 Å². The fourth-order valence-electron chi connectivity index (χ4n) is 5.21. The first-order valence-corrected chi connectivity index (χ1v) is 10.0. The van der Waals surface area contributed by atoms with Crippen molar-refractivity contribution in [2.45, 2.75) is 37.7 Å². The molecule has 4 nitrogen and oxygen atoms in total. The maximum Gasteiger partial charge on any atom is 0.133 e. The Kier molecular flexibility index (Phi) is 5.20. The van der Waals surface area contributed by atoms with Crippen LogP contribution in [0.15, 0.2) is 48.7 Å². The van der Waals surface area contributed by atoms with E-state index in [0.717, 1.165) is 56.4 Å². The first-order chi connectivity index (χ1) is 13.1. The summed E-state index contributed by atoms with van der Waals surface area (Å²) in [5.74, 6) is 2.07. The van der Waals surface area contributed by atoms with Gasteiger partial charge in [0.05, 0.1) is 11.8 Å². The number of methoxy groups -OCH3 is 1. The van der Waals surface area contributed by atoms with Gasteiger partial charge in [-0.3, -0.25) is 4.98 Å². The van der Waals surface area contributed by atoms with Crippen molar-refractivity contribution in [2.75, 3.05) is 26.7 Å². The summed E-state index contributed by atoms with van der Waals surface area (Å²) >= 11 is 0. The Bertz CT molecular complexity index is 733. The summed E-state index contributed by atoms with van der Waals surface area (Å²) in [6.45, 7) is 5.58. The van der Waals surface area contributed by atoms with Crippen molar-refractivity contribution in [2.24, 2.45) is 11.8 Å². The normalized spacial score (nSPS) is 29.0. The van der Waals surface area contributed by atoms with Gasteiger partial charge < -0.3 is 14.7 Å². The number of pyridine rings is 1. The van der Waals surface area contributed by atoms with E-state index in [4.69, 9.17) is 4.74 Å². The van der Waals surface area contributed by atoms with Gasteiger partial charge in [-0.2, -0.15) is 0 Å². The molecule has 1 aliphatic heterocycles. The van der Waals surface area contributed by atoms with Crippen molar-refractivity contribution < 1.29 is 9.84 Å². The molecule has 1 saturated carbocycles. The van der Waals surface area contributed by atoms with Crippen molar-refractivity contribution in [1.82, 2.24) is 9.88 Å². The summed E-state index contributed by atoms with van der Waals surface area (Å²) in [7, 11) is 1.89. The number of rotatable bonds is 6. The third kappa shape index (κ3) is 4.02. The van der Waals surface area contributed by atoms with E-state index in [1.54, 1.807) is 12.3 Å². The minimum Gasteiger partial charge on any atom is -0.506 e. The number of aromatic nitrogens is 1. The molecule has 4 atom stereocenters. The van der Waals surface area contributed by atoms with E-state index in [0.29, 0.717) is 5.92 Å². The van der Waals surface area contributed by atoms with Crippen LogP contribution in [0.5, 0.6) is 5.75 Å². The standard InChI is InChI=1S/C23H30N2O2/c1-17(22-9-8-21(26)13-24-22)14-25-15-19-11-23(27-2,12-20(19)16-25)10-18-6-4-3-5-7-18/h3-9,13,17,19-20,26H,10-12,14-16H2,1-2H3/t17?,19-,20+,23-. The van der Waals surface area contributed by atoms with Crippen LogP contribution in [-0.4, -0.2) is 47.3 Å². The summed E-state index contributed by atoms with van der Waals surface area (Å²) < 4.78 is 6.08. The van der Waals surface area contributed by atoms with Crippen LogP contribution in [0.1, 0.15) is 36.9 Å². The van der Waals surface area contributed by atoms with E-state index in [9.17, 15) is 5.11 Å². The topological polar surface area (TPSA) is 45.6 Å². The van der Waals surface area contributed by atoms with Crippen molar-refractivity contribution in [3.63, 3.8) is 0 Å².